The minimum atomic E-state index is 0.322. The highest BCUT2D eigenvalue weighted by Crippen LogP contribution is 2.21. The van der Waals surface area contributed by atoms with Crippen LogP contribution in [-0.2, 0) is 4.74 Å². The third-order valence-electron chi connectivity index (χ3n) is 2.13. The maximum atomic E-state index is 5.74. The standard InChI is InChI=1S/C8H18N2O/c1-9(2)7-5-6-8(11-7)10(3)4/h7-8H,5-6H2,1-4H3. The van der Waals surface area contributed by atoms with Crippen LogP contribution in [0.4, 0.5) is 0 Å². The number of ether oxygens (including phenoxy) is 1. The van der Waals surface area contributed by atoms with Crippen LogP contribution < -0.4 is 0 Å². The molecule has 0 saturated carbocycles. The fraction of sp³-hybridized carbons (Fsp3) is 1.00. The van der Waals surface area contributed by atoms with Crippen LogP contribution in [-0.4, -0.2) is 50.4 Å². The van der Waals surface area contributed by atoms with Crippen molar-refractivity contribution in [3.63, 3.8) is 0 Å². The molecule has 2 unspecified atom stereocenters. The van der Waals surface area contributed by atoms with Crippen molar-refractivity contribution in [3.05, 3.63) is 0 Å². The summed E-state index contributed by atoms with van der Waals surface area (Å²) in [5.74, 6) is 0. The predicted molar refractivity (Wildman–Crippen MR) is 45.3 cm³/mol. The molecule has 1 aliphatic heterocycles. The van der Waals surface area contributed by atoms with Crippen molar-refractivity contribution >= 4 is 0 Å². The zero-order valence-electron chi connectivity index (χ0n) is 7.87. The number of rotatable bonds is 2. The molecular formula is C8H18N2O. The lowest BCUT2D eigenvalue weighted by molar-refractivity contribution is -0.0817. The van der Waals surface area contributed by atoms with Crippen molar-refractivity contribution in [2.75, 3.05) is 28.2 Å². The average Bonchev–Trinajstić information content (AvgIpc) is 2.33. The molecular weight excluding hydrogens is 140 g/mol. The van der Waals surface area contributed by atoms with E-state index in [4.69, 9.17) is 4.74 Å². The largest absolute Gasteiger partial charge is 0.345 e. The number of nitrogens with zero attached hydrogens (tertiary/aromatic N) is 2. The molecule has 66 valence electrons. The molecule has 1 heterocycles. The summed E-state index contributed by atoms with van der Waals surface area (Å²) in [6, 6.07) is 0. The van der Waals surface area contributed by atoms with E-state index < -0.39 is 0 Å². The Labute approximate surface area is 68.9 Å². The van der Waals surface area contributed by atoms with Crippen LogP contribution in [0.25, 0.3) is 0 Å². The summed E-state index contributed by atoms with van der Waals surface area (Å²) >= 11 is 0. The molecule has 0 radical (unpaired) electrons. The minimum absolute atomic E-state index is 0.322. The third kappa shape index (κ3) is 2.15. The molecule has 0 amide bonds. The van der Waals surface area contributed by atoms with Gasteiger partial charge in [0.25, 0.3) is 0 Å². The number of hydrogen-bond acceptors (Lipinski definition) is 3. The summed E-state index contributed by atoms with van der Waals surface area (Å²) in [6.07, 6.45) is 2.94. The van der Waals surface area contributed by atoms with Crippen LogP contribution >= 0.6 is 0 Å². The van der Waals surface area contributed by atoms with Gasteiger partial charge in [-0.1, -0.05) is 0 Å². The quantitative estimate of drug-likeness (QED) is 0.584. The van der Waals surface area contributed by atoms with E-state index in [9.17, 15) is 0 Å². The summed E-state index contributed by atoms with van der Waals surface area (Å²) in [4.78, 5) is 4.26. The second kappa shape index (κ2) is 3.52. The lowest BCUT2D eigenvalue weighted by atomic mass is 10.3. The van der Waals surface area contributed by atoms with Gasteiger partial charge < -0.3 is 4.74 Å². The molecule has 0 aromatic carbocycles. The third-order valence-corrected chi connectivity index (χ3v) is 2.13. The van der Waals surface area contributed by atoms with Crippen molar-refractivity contribution in [1.29, 1.82) is 0 Å². The van der Waals surface area contributed by atoms with E-state index in [-0.39, 0.29) is 0 Å². The second-order valence-corrected chi connectivity index (χ2v) is 3.55. The Morgan fingerprint density at radius 1 is 0.909 bits per heavy atom. The monoisotopic (exact) mass is 158 g/mol. The molecule has 0 aromatic rings. The van der Waals surface area contributed by atoms with E-state index in [0.29, 0.717) is 12.5 Å². The van der Waals surface area contributed by atoms with E-state index in [2.05, 4.69) is 38.0 Å². The van der Waals surface area contributed by atoms with Crippen LogP contribution in [0, 0.1) is 0 Å². The van der Waals surface area contributed by atoms with E-state index in [1.54, 1.807) is 0 Å². The fourth-order valence-corrected chi connectivity index (χ4v) is 1.36. The lowest BCUT2D eigenvalue weighted by Crippen LogP contribution is -2.32. The SMILES string of the molecule is CN(C)C1CCC(N(C)C)O1. The average molecular weight is 158 g/mol. The van der Waals surface area contributed by atoms with Crippen LogP contribution in [0.2, 0.25) is 0 Å². The molecule has 3 nitrogen and oxygen atoms in total. The van der Waals surface area contributed by atoms with E-state index in [1.165, 1.54) is 0 Å². The molecule has 0 aliphatic carbocycles. The molecule has 1 fully saturated rings. The molecule has 1 rings (SSSR count). The highest BCUT2D eigenvalue weighted by Gasteiger charge is 2.27. The van der Waals surface area contributed by atoms with Crippen molar-refractivity contribution in [1.82, 2.24) is 9.80 Å². The first-order chi connectivity index (χ1) is 5.11. The van der Waals surface area contributed by atoms with Gasteiger partial charge >= 0.3 is 0 Å². The van der Waals surface area contributed by atoms with E-state index in [0.717, 1.165) is 12.8 Å². The Morgan fingerprint density at radius 3 is 1.45 bits per heavy atom. The zero-order valence-corrected chi connectivity index (χ0v) is 7.87. The molecule has 1 aliphatic rings. The Kier molecular flexibility index (Phi) is 2.87. The van der Waals surface area contributed by atoms with Gasteiger partial charge in [-0.2, -0.15) is 0 Å². The van der Waals surface area contributed by atoms with Crippen LogP contribution in [0.5, 0.6) is 0 Å². The second-order valence-electron chi connectivity index (χ2n) is 3.55. The first kappa shape index (κ1) is 8.97. The summed E-state index contributed by atoms with van der Waals surface area (Å²) in [7, 11) is 8.23. The van der Waals surface area contributed by atoms with Gasteiger partial charge in [0, 0.05) is 0 Å². The smallest absolute Gasteiger partial charge is 0.112 e. The van der Waals surface area contributed by atoms with Crippen molar-refractivity contribution in [2.45, 2.75) is 25.3 Å². The van der Waals surface area contributed by atoms with Crippen LogP contribution in [0.1, 0.15) is 12.8 Å². The van der Waals surface area contributed by atoms with Gasteiger partial charge in [-0.15, -0.1) is 0 Å². The maximum Gasteiger partial charge on any atom is 0.112 e. The summed E-state index contributed by atoms with van der Waals surface area (Å²) in [6.45, 7) is 0. The zero-order chi connectivity index (χ0) is 8.43. The molecule has 11 heavy (non-hydrogen) atoms. The summed E-state index contributed by atoms with van der Waals surface area (Å²) < 4.78 is 5.74. The summed E-state index contributed by atoms with van der Waals surface area (Å²) in [5.41, 5.74) is 0. The predicted octanol–water partition coefficient (Wildman–Crippen LogP) is 0.572. The van der Waals surface area contributed by atoms with E-state index >= 15 is 0 Å². The molecule has 2 atom stereocenters. The van der Waals surface area contributed by atoms with Gasteiger partial charge in [-0.3, -0.25) is 9.80 Å². The van der Waals surface area contributed by atoms with Crippen molar-refractivity contribution in [2.24, 2.45) is 0 Å². The summed E-state index contributed by atoms with van der Waals surface area (Å²) in [5, 5.41) is 0. The molecule has 0 aromatic heterocycles. The van der Waals surface area contributed by atoms with E-state index in [1.807, 2.05) is 0 Å². The minimum Gasteiger partial charge on any atom is -0.345 e. The molecule has 0 spiro atoms. The van der Waals surface area contributed by atoms with Crippen molar-refractivity contribution in [3.8, 4) is 0 Å². The Morgan fingerprint density at radius 2 is 1.27 bits per heavy atom. The fourth-order valence-electron chi connectivity index (χ4n) is 1.36. The topological polar surface area (TPSA) is 15.7 Å². The van der Waals surface area contributed by atoms with Gasteiger partial charge in [0.15, 0.2) is 0 Å². The van der Waals surface area contributed by atoms with Gasteiger partial charge in [0.05, 0.1) is 0 Å². The lowest BCUT2D eigenvalue weighted by Gasteiger charge is -2.22. The van der Waals surface area contributed by atoms with Crippen LogP contribution in [0.3, 0.4) is 0 Å². The van der Waals surface area contributed by atoms with Crippen LogP contribution in [0.15, 0.2) is 0 Å². The van der Waals surface area contributed by atoms with Gasteiger partial charge in [0.1, 0.15) is 12.5 Å². The molecule has 0 bridgehead atoms. The highest BCUT2D eigenvalue weighted by molar-refractivity contribution is 4.69. The highest BCUT2D eigenvalue weighted by atomic mass is 16.5. The normalized spacial score (nSPS) is 32.2. The Hall–Kier alpha value is -0.120. The van der Waals surface area contributed by atoms with Gasteiger partial charge in [0.2, 0.25) is 0 Å². The van der Waals surface area contributed by atoms with Gasteiger partial charge in [-0.05, 0) is 41.0 Å². The maximum absolute atomic E-state index is 5.74. The van der Waals surface area contributed by atoms with Crippen molar-refractivity contribution < 1.29 is 4.74 Å². The first-order valence-corrected chi connectivity index (χ1v) is 4.09. The molecule has 0 N–H and O–H groups in total. The molecule has 1 saturated heterocycles. The Balaban J connectivity index is 2.35. The number of hydrogen-bond donors (Lipinski definition) is 0. The first-order valence-electron chi connectivity index (χ1n) is 4.09. The van der Waals surface area contributed by atoms with Gasteiger partial charge in [-0.25, -0.2) is 0 Å². The molecule has 3 heteroatoms. The Bertz CT molecular complexity index is 111.